The fourth-order valence-corrected chi connectivity index (χ4v) is 4.56. The summed E-state index contributed by atoms with van der Waals surface area (Å²) >= 11 is 0. The Labute approximate surface area is 222 Å². The van der Waals surface area contributed by atoms with Gasteiger partial charge in [0.2, 0.25) is 0 Å². The Morgan fingerprint density at radius 2 is 0.892 bits per heavy atom. The van der Waals surface area contributed by atoms with E-state index in [1.165, 1.54) is 33.4 Å². The van der Waals surface area contributed by atoms with Gasteiger partial charge in [0.15, 0.2) is 0 Å². The number of benzene rings is 4. The van der Waals surface area contributed by atoms with E-state index in [1.54, 1.807) is 0 Å². The van der Waals surface area contributed by atoms with E-state index in [-0.39, 0.29) is 12.1 Å². The molecule has 0 radical (unpaired) electrons. The molecule has 4 aromatic carbocycles. The van der Waals surface area contributed by atoms with Gasteiger partial charge in [-0.2, -0.15) is 0 Å². The standard InChI is InChI=1S/C35H38N2/c1-5-7-34(30-17-9-26(3)10-18-30)36-32-21-13-28(14-22-32)25-29-15-23-33(24-16-29)37-35(8-6-2)31-19-11-27(4)12-20-31/h5-6,9-24,34-37H,1-2,7-8,25H2,3-4H3. The van der Waals surface area contributed by atoms with Gasteiger partial charge in [-0.1, -0.05) is 96.1 Å². The van der Waals surface area contributed by atoms with E-state index < -0.39 is 0 Å². The van der Waals surface area contributed by atoms with Crippen LogP contribution in [0.4, 0.5) is 11.4 Å². The molecule has 0 aliphatic rings. The second-order valence-electron chi connectivity index (χ2n) is 9.83. The average Bonchev–Trinajstić information content (AvgIpc) is 2.91. The van der Waals surface area contributed by atoms with Crippen LogP contribution in [0.2, 0.25) is 0 Å². The molecule has 2 N–H and O–H groups in total. The van der Waals surface area contributed by atoms with Crippen LogP contribution in [0.1, 0.15) is 58.3 Å². The predicted octanol–water partition coefficient (Wildman–Crippen LogP) is 9.35. The first-order valence-corrected chi connectivity index (χ1v) is 13.1. The number of aryl methyl sites for hydroxylation is 2. The second-order valence-corrected chi connectivity index (χ2v) is 9.83. The number of anilines is 2. The topological polar surface area (TPSA) is 24.1 Å². The van der Waals surface area contributed by atoms with Crippen molar-refractivity contribution in [3.05, 3.63) is 156 Å². The molecule has 0 aliphatic heterocycles. The summed E-state index contributed by atoms with van der Waals surface area (Å²) in [6.07, 6.45) is 6.61. The number of hydrogen-bond donors (Lipinski definition) is 2. The van der Waals surface area contributed by atoms with Crippen LogP contribution >= 0.6 is 0 Å². The third-order valence-corrected chi connectivity index (χ3v) is 6.76. The summed E-state index contributed by atoms with van der Waals surface area (Å²) < 4.78 is 0. The zero-order valence-electron chi connectivity index (χ0n) is 22.1. The maximum absolute atomic E-state index is 3.95. The van der Waals surface area contributed by atoms with Crippen LogP contribution in [-0.4, -0.2) is 0 Å². The van der Waals surface area contributed by atoms with Gasteiger partial charge in [-0.15, -0.1) is 13.2 Å². The van der Waals surface area contributed by atoms with Gasteiger partial charge in [-0.25, -0.2) is 0 Å². The molecule has 0 heterocycles. The van der Waals surface area contributed by atoms with Gasteiger partial charge in [-0.3, -0.25) is 0 Å². The summed E-state index contributed by atoms with van der Waals surface area (Å²) in [7, 11) is 0. The lowest BCUT2D eigenvalue weighted by atomic mass is 10.0. The molecule has 188 valence electrons. The quantitative estimate of drug-likeness (QED) is 0.195. The average molecular weight is 487 g/mol. The van der Waals surface area contributed by atoms with Crippen LogP contribution in [-0.2, 0) is 6.42 Å². The summed E-state index contributed by atoms with van der Waals surface area (Å²) in [6.45, 7) is 12.1. The van der Waals surface area contributed by atoms with E-state index in [9.17, 15) is 0 Å². The minimum atomic E-state index is 0.216. The highest BCUT2D eigenvalue weighted by Gasteiger charge is 2.11. The number of rotatable bonds is 12. The maximum atomic E-state index is 3.95. The predicted molar refractivity (Wildman–Crippen MR) is 160 cm³/mol. The van der Waals surface area contributed by atoms with Gasteiger partial charge in [0.25, 0.3) is 0 Å². The molecule has 4 aromatic rings. The largest absolute Gasteiger partial charge is 0.378 e. The monoisotopic (exact) mass is 486 g/mol. The minimum Gasteiger partial charge on any atom is -0.378 e. The Kier molecular flexibility index (Phi) is 8.99. The molecule has 0 aliphatic carbocycles. The molecule has 37 heavy (non-hydrogen) atoms. The maximum Gasteiger partial charge on any atom is 0.0548 e. The third kappa shape index (κ3) is 7.47. The van der Waals surface area contributed by atoms with Crippen molar-refractivity contribution in [3.8, 4) is 0 Å². The molecular formula is C35H38N2. The van der Waals surface area contributed by atoms with Crippen molar-refractivity contribution < 1.29 is 0 Å². The zero-order valence-corrected chi connectivity index (χ0v) is 22.1. The molecule has 2 unspecified atom stereocenters. The van der Waals surface area contributed by atoms with Gasteiger partial charge in [0, 0.05) is 11.4 Å². The summed E-state index contributed by atoms with van der Waals surface area (Å²) in [5, 5.41) is 7.35. The molecule has 4 rings (SSSR count). The summed E-state index contributed by atoms with van der Waals surface area (Å²) in [6, 6.07) is 35.5. The first-order valence-electron chi connectivity index (χ1n) is 13.1. The van der Waals surface area contributed by atoms with Gasteiger partial charge in [0.05, 0.1) is 12.1 Å². The second kappa shape index (κ2) is 12.8. The van der Waals surface area contributed by atoms with Gasteiger partial charge in [0.1, 0.15) is 0 Å². The van der Waals surface area contributed by atoms with Crippen LogP contribution in [0.3, 0.4) is 0 Å². The van der Waals surface area contributed by atoms with Gasteiger partial charge >= 0.3 is 0 Å². The highest BCUT2D eigenvalue weighted by Crippen LogP contribution is 2.26. The van der Waals surface area contributed by atoms with Crippen molar-refractivity contribution >= 4 is 11.4 Å². The first-order chi connectivity index (χ1) is 18.0. The third-order valence-electron chi connectivity index (χ3n) is 6.76. The van der Waals surface area contributed by atoms with Crippen LogP contribution in [0.15, 0.2) is 122 Å². The van der Waals surface area contributed by atoms with Crippen molar-refractivity contribution in [2.45, 2.75) is 45.2 Å². The van der Waals surface area contributed by atoms with Crippen LogP contribution in [0.5, 0.6) is 0 Å². The Bertz CT molecular complexity index is 1160. The summed E-state index contributed by atoms with van der Waals surface area (Å²) in [5.41, 5.74) is 9.95. The van der Waals surface area contributed by atoms with Crippen molar-refractivity contribution in [1.29, 1.82) is 0 Å². The first kappa shape index (κ1) is 26.0. The zero-order chi connectivity index (χ0) is 26.0. The summed E-state index contributed by atoms with van der Waals surface area (Å²) in [5.74, 6) is 0. The van der Waals surface area contributed by atoms with Crippen LogP contribution in [0, 0.1) is 13.8 Å². The Morgan fingerprint density at radius 3 is 1.22 bits per heavy atom. The molecule has 2 atom stereocenters. The molecule has 0 saturated carbocycles. The van der Waals surface area contributed by atoms with Crippen molar-refractivity contribution in [2.75, 3.05) is 10.6 Å². The smallest absolute Gasteiger partial charge is 0.0548 e. The SMILES string of the molecule is C=CCC(Nc1ccc(Cc2ccc(NC(CC=C)c3ccc(C)cc3)cc2)cc1)c1ccc(C)cc1. The highest BCUT2D eigenvalue weighted by atomic mass is 14.9. The molecular weight excluding hydrogens is 448 g/mol. The molecule has 0 saturated heterocycles. The molecule has 0 aromatic heterocycles. The Morgan fingerprint density at radius 1 is 0.541 bits per heavy atom. The lowest BCUT2D eigenvalue weighted by Crippen LogP contribution is -2.10. The Hall–Kier alpha value is -4.04. The number of nitrogens with one attached hydrogen (secondary N) is 2. The molecule has 2 heteroatoms. The number of hydrogen-bond acceptors (Lipinski definition) is 2. The lowest BCUT2D eigenvalue weighted by molar-refractivity contribution is 0.798. The lowest BCUT2D eigenvalue weighted by Gasteiger charge is -2.20. The van der Waals surface area contributed by atoms with E-state index in [1.807, 2.05) is 12.2 Å². The minimum absolute atomic E-state index is 0.216. The Balaban J connectivity index is 1.37. The van der Waals surface area contributed by atoms with E-state index in [0.717, 1.165) is 30.6 Å². The highest BCUT2D eigenvalue weighted by molar-refractivity contribution is 5.50. The van der Waals surface area contributed by atoms with E-state index in [2.05, 4.69) is 135 Å². The van der Waals surface area contributed by atoms with Crippen LogP contribution in [0.25, 0.3) is 0 Å². The van der Waals surface area contributed by atoms with Gasteiger partial charge < -0.3 is 10.6 Å². The van der Waals surface area contributed by atoms with E-state index in [4.69, 9.17) is 0 Å². The van der Waals surface area contributed by atoms with Crippen molar-refractivity contribution in [3.63, 3.8) is 0 Å². The molecule has 0 spiro atoms. The van der Waals surface area contributed by atoms with E-state index >= 15 is 0 Å². The van der Waals surface area contributed by atoms with Crippen molar-refractivity contribution in [1.82, 2.24) is 0 Å². The molecule has 0 amide bonds. The summed E-state index contributed by atoms with van der Waals surface area (Å²) in [4.78, 5) is 0. The fraction of sp³-hybridized carbons (Fsp3) is 0.200. The van der Waals surface area contributed by atoms with Crippen LogP contribution < -0.4 is 10.6 Å². The molecule has 0 fully saturated rings. The molecule has 2 nitrogen and oxygen atoms in total. The van der Waals surface area contributed by atoms with E-state index in [0.29, 0.717) is 0 Å². The molecule has 0 bridgehead atoms. The fourth-order valence-electron chi connectivity index (χ4n) is 4.56. The normalized spacial score (nSPS) is 12.4. The van der Waals surface area contributed by atoms with Crippen molar-refractivity contribution in [2.24, 2.45) is 0 Å². The van der Waals surface area contributed by atoms with Gasteiger partial charge in [-0.05, 0) is 79.6 Å².